The van der Waals surface area contributed by atoms with Crippen molar-refractivity contribution in [1.82, 2.24) is 5.32 Å². The van der Waals surface area contributed by atoms with E-state index in [1.807, 2.05) is 12.1 Å². The number of benzene rings is 2. The molecule has 1 aliphatic heterocycles. The topological polar surface area (TPSA) is 96.9 Å². The van der Waals surface area contributed by atoms with Crippen LogP contribution in [-0.4, -0.2) is 28.9 Å². The van der Waals surface area contributed by atoms with Crippen LogP contribution in [0, 0.1) is 5.41 Å². The van der Waals surface area contributed by atoms with Crippen molar-refractivity contribution >= 4 is 41.0 Å². The molecule has 32 heavy (non-hydrogen) atoms. The number of fused-ring (bicyclic) bond motifs is 1. The summed E-state index contributed by atoms with van der Waals surface area (Å²) in [6.07, 6.45) is 4.50. The van der Waals surface area contributed by atoms with E-state index in [9.17, 15) is 9.90 Å². The lowest BCUT2D eigenvalue weighted by molar-refractivity contribution is -0.155. The number of nitrogens with two attached hydrogens (primary N) is 1. The van der Waals surface area contributed by atoms with Gasteiger partial charge in [0.05, 0.1) is 11.8 Å². The molecule has 4 aliphatic rings. The van der Waals surface area contributed by atoms with Crippen molar-refractivity contribution in [3.63, 3.8) is 0 Å². The number of hydrogen-bond acceptors (Lipinski definition) is 5. The first kappa shape index (κ1) is 21.3. The van der Waals surface area contributed by atoms with Gasteiger partial charge in [-0.3, -0.25) is 9.79 Å². The number of aliphatic hydroxyl groups excluding tert-OH is 1. The van der Waals surface area contributed by atoms with Crippen molar-refractivity contribution in [1.29, 1.82) is 0 Å². The minimum absolute atomic E-state index is 0.0474. The lowest BCUT2D eigenvalue weighted by Crippen LogP contribution is -2.76. The average Bonchev–Trinajstić information content (AvgIpc) is 2.72. The van der Waals surface area contributed by atoms with Crippen LogP contribution in [0.25, 0.3) is 0 Å². The van der Waals surface area contributed by atoms with Gasteiger partial charge in [-0.2, -0.15) is 0 Å². The number of ether oxygens (including phenoxy) is 1. The molecule has 1 amide bonds. The largest absolute Gasteiger partial charge is 0.480 e. The van der Waals surface area contributed by atoms with Crippen molar-refractivity contribution in [3.05, 3.63) is 69.8 Å². The summed E-state index contributed by atoms with van der Waals surface area (Å²) in [6, 6.07) is 12.3. The van der Waals surface area contributed by atoms with Crippen LogP contribution in [0.3, 0.4) is 0 Å². The minimum atomic E-state index is -0.788. The van der Waals surface area contributed by atoms with Gasteiger partial charge in [0.15, 0.2) is 6.10 Å². The summed E-state index contributed by atoms with van der Waals surface area (Å²) < 4.78 is 5.85. The predicted octanol–water partition coefficient (Wildman–Crippen LogP) is 4.46. The SMILES string of the molecule is NC=C(C=Nc1ccc(Cl)cc1)C12CC(NC(=O)[C@@H]3C[C@@H](O)c4cc(Cl)ccc4O3)(C1)C2. The van der Waals surface area contributed by atoms with Crippen LogP contribution in [0.2, 0.25) is 10.0 Å². The van der Waals surface area contributed by atoms with Crippen molar-refractivity contribution in [2.24, 2.45) is 16.1 Å². The molecule has 2 aromatic carbocycles. The number of allylic oxidation sites excluding steroid dienone is 1. The van der Waals surface area contributed by atoms with E-state index in [-0.39, 0.29) is 23.3 Å². The molecular formula is C24H23Cl2N3O3. The molecule has 166 valence electrons. The first-order valence-electron chi connectivity index (χ1n) is 10.5. The van der Waals surface area contributed by atoms with Crippen LogP contribution in [0.15, 0.2) is 59.2 Å². The number of rotatable bonds is 5. The first-order chi connectivity index (χ1) is 15.3. The molecule has 2 atom stereocenters. The number of halogens is 2. The van der Waals surface area contributed by atoms with Gasteiger partial charge in [0.2, 0.25) is 0 Å². The van der Waals surface area contributed by atoms with Gasteiger partial charge < -0.3 is 20.9 Å². The second-order valence-electron chi connectivity index (χ2n) is 8.98. The Morgan fingerprint density at radius 1 is 1.16 bits per heavy atom. The number of nitrogens with one attached hydrogen (secondary N) is 1. The molecule has 3 saturated carbocycles. The maximum absolute atomic E-state index is 12.9. The molecule has 0 spiro atoms. The third kappa shape index (κ3) is 3.66. The van der Waals surface area contributed by atoms with Gasteiger partial charge in [0, 0.05) is 39.2 Å². The van der Waals surface area contributed by atoms with Crippen LogP contribution < -0.4 is 15.8 Å². The van der Waals surface area contributed by atoms with Gasteiger partial charge in [0.1, 0.15) is 5.75 Å². The number of hydrogen-bond donors (Lipinski definition) is 3. The van der Waals surface area contributed by atoms with Gasteiger partial charge in [-0.05, 0) is 73.5 Å². The molecule has 0 aromatic heterocycles. The Morgan fingerprint density at radius 3 is 2.53 bits per heavy atom. The maximum Gasteiger partial charge on any atom is 0.261 e. The van der Waals surface area contributed by atoms with Gasteiger partial charge in [-0.15, -0.1) is 0 Å². The second-order valence-corrected chi connectivity index (χ2v) is 9.85. The van der Waals surface area contributed by atoms with Crippen molar-refractivity contribution in [3.8, 4) is 5.75 Å². The highest BCUT2D eigenvalue weighted by molar-refractivity contribution is 6.31. The molecular weight excluding hydrogens is 449 g/mol. The van der Waals surface area contributed by atoms with E-state index in [2.05, 4.69) is 10.3 Å². The monoisotopic (exact) mass is 471 g/mol. The maximum atomic E-state index is 12.9. The predicted molar refractivity (Wildman–Crippen MR) is 124 cm³/mol. The molecule has 4 N–H and O–H groups in total. The third-order valence-electron chi connectivity index (χ3n) is 6.72. The number of nitrogens with zero attached hydrogens (tertiary/aromatic N) is 1. The van der Waals surface area contributed by atoms with Crippen LogP contribution in [0.1, 0.15) is 37.4 Å². The average molecular weight is 472 g/mol. The summed E-state index contributed by atoms with van der Waals surface area (Å²) in [5.74, 6) is 0.292. The molecule has 2 bridgehead atoms. The highest BCUT2D eigenvalue weighted by Gasteiger charge is 2.69. The van der Waals surface area contributed by atoms with E-state index in [1.54, 1.807) is 42.7 Å². The number of amides is 1. The molecule has 2 aromatic rings. The normalized spacial score (nSPS) is 30.7. The lowest BCUT2D eigenvalue weighted by atomic mass is 9.37. The zero-order chi connectivity index (χ0) is 22.5. The third-order valence-corrected chi connectivity index (χ3v) is 7.21. The van der Waals surface area contributed by atoms with Crippen LogP contribution in [-0.2, 0) is 4.79 Å². The molecule has 3 fully saturated rings. The van der Waals surface area contributed by atoms with Crippen molar-refractivity contribution in [2.75, 3.05) is 0 Å². The summed E-state index contributed by atoms with van der Waals surface area (Å²) >= 11 is 11.9. The summed E-state index contributed by atoms with van der Waals surface area (Å²) in [4.78, 5) is 17.4. The Balaban J connectivity index is 1.20. The van der Waals surface area contributed by atoms with E-state index in [0.29, 0.717) is 21.4 Å². The zero-order valence-electron chi connectivity index (χ0n) is 17.2. The summed E-state index contributed by atoms with van der Waals surface area (Å²) in [6.45, 7) is 0. The molecule has 6 rings (SSSR count). The Kier molecular flexibility index (Phi) is 5.19. The number of aliphatic imine (C=N–C) groups is 1. The Morgan fingerprint density at radius 2 is 1.84 bits per heavy atom. The molecule has 3 aliphatic carbocycles. The fourth-order valence-corrected chi connectivity index (χ4v) is 5.48. The van der Waals surface area contributed by atoms with E-state index < -0.39 is 12.2 Å². The standard InChI is InChI=1S/C24H23Cl2N3O3/c25-15-1-4-17(5-2-15)28-10-14(9-27)23-11-24(12-23,13-23)29-22(31)21-8-19(30)18-7-16(26)3-6-20(18)32-21/h1-7,9-10,19,21,30H,8,11-13,27H2,(H,29,31)/t19-,21+,23?,24?/m1/s1. The minimum Gasteiger partial charge on any atom is -0.480 e. The molecule has 0 saturated heterocycles. The van der Waals surface area contributed by atoms with Crippen molar-refractivity contribution in [2.45, 2.75) is 43.4 Å². The van der Waals surface area contributed by atoms with Crippen molar-refractivity contribution < 1.29 is 14.6 Å². The van der Waals surface area contributed by atoms with E-state index in [0.717, 1.165) is 30.5 Å². The van der Waals surface area contributed by atoms with E-state index in [4.69, 9.17) is 33.7 Å². The Bertz CT molecular complexity index is 1110. The second kappa shape index (κ2) is 7.80. The van der Waals surface area contributed by atoms with Gasteiger partial charge in [0.25, 0.3) is 5.91 Å². The summed E-state index contributed by atoms with van der Waals surface area (Å²) in [5.41, 5.74) is 7.99. The Hall–Kier alpha value is -2.54. The summed E-state index contributed by atoms with van der Waals surface area (Å²) in [5, 5.41) is 14.8. The van der Waals surface area contributed by atoms with Crippen LogP contribution >= 0.6 is 23.2 Å². The van der Waals surface area contributed by atoms with Gasteiger partial charge in [-0.25, -0.2) is 0 Å². The fraction of sp³-hybridized carbons (Fsp3) is 0.333. The number of carbonyl (C=O) groups excluding carboxylic acids is 1. The number of carbonyl (C=O) groups is 1. The zero-order valence-corrected chi connectivity index (χ0v) is 18.7. The van der Waals surface area contributed by atoms with Crippen LogP contribution in [0.4, 0.5) is 5.69 Å². The smallest absolute Gasteiger partial charge is 0.261 e. The fourth-order valence-electron chi connectivity index (χ4n) is 5.18. The number of aliphatic hydroxyl groups is 1. The van der Waals surface area contributed by atoms with E-state index in [1.165, 1.54) is 0 Å². The highest BCUT2D eigenvalue weighted by atomic mass is 35.5. The lowest BCUT2D eigenvalue weighted by Gasteiger charge is -2.71. The molecule has 0 radical (unpaired) electrons. The summed E-state index contributed by atoms with van der Waals surface area (Å²) in [7, 11) is 0. The quantitative estimate of drug-likeness (QED) is 0.560. The molecule has 6 nitrogen and oxygen atoms in total. The molecule has 0 unspecified atom stereocenters. The van der Waals surface area contributed by atoms with Crippen LogP contribution in [0.5, 0.6) is 5.75 Å². The highest BCUT2D eigenvalue weighted by Crippen LogP contribution is 2.70. The van der Waals surface area contributed by atoms with Gasteiger partial charge >= 0.3 is 0 Å². The molecule has 8 heteroatoms. The Labute approximate surface area is 196 Å². The van der Waals surface area contributed by atoms with Gasteiger partial charge in [-0.1, -0.05) is 23.2 Å². The molecule has 1 heterocycles. The van der Waals surface area contributed by atoms with E-state index >= 15 is 0 Å². The first-order valence-corrected chi connectivity index (χ1v) is 11.3.